The third-order valence-electron chi connectivity index (χ3n) is 3.81. The molecule has 6 heteroatoms. The number of benzene rings is 1. The van der Waals surface area contributed by atoms with Crippen molar-refractivity contribution in [1.82, 2.24) is 4.90 Å². The number of rotatable bonds is 3. The number of ether oxygens (including phenoxy) is 1. The molecule has 1 aromatic carbocycles. The summed E-state index contributed by atoms with van der Waals surface area (Å²) in [7, 11) is 0. The van der Waals surface area contributed by atoms with E-state index in [0.29, 0.717) is 24.6 Å². The van der Waals surface area contributed by atoms with Gasteiger partial charge in [0.1, 0.15) is 11.6 Å². The quantitative estimate of drug-likeness (QED) is 0.877. The van der Waals surface area contributed by atoms with Crippen molar-refractivity contribution < 1.29 is 14.2 Å². The van der Waals surface area contributed by atoms with Gasteiger partial charge >= 0.3 is 0 Å². The van der Waals surface area contributed by atoms with Crippen molar-refractivity contribution in [3.63, 3.8) is 0 Å². The summed E-state index contributed by atoms with van der Waals surface area (Å²) in [6, 6.07) is 3.93. The highest BCUT2D eigenvalue weighted by atomic mass is 19.1. The van der Waals surface area contributed by atoms with E-state index < -0.39 is 5.82 Å². The summed E-state index contributed by atoms with van der Waals surface area (Å²) in [4.78, 5) is 6.17. The zero-order chi connectivity index (χ0) is 14.1. The van der Waals surface area contributed by atoms with Gasteiger partial charge in [-0.2, -0.15) is 0 Å². The van der Waals surface area contributed by atoms with Gasteiger partial charge in [-0.05, 0) is 30.5 Å². The number of aliphatic imine (C=N–C) groups is 1. The molecule has 2 unspecified atom stereocenters. The number of nitrogens with zero attached hydrogens (tertiary/aromatic N) is 2. The van der Waals surface area contributed by atoms with Crippen molar-refractivity contribution in [1.29, 1.82) is 0 Å². The lowest BCUT2D eigenvalue weighted by atomic mass is 10.0. The molecule has 0 aliphatic carbocycles. The topological polar surface area (TPSA) is 71.1 Å². The van der Waals surface area contributed by atoms with E-state index in [0.717, 1.165) is 25.5 Å². The summed E-state index contributed by atoms with van der Waals surface area (Å²) in [5, 5.41) is 9.54. The number of phenolic OH excluding ortho intramolecular Hbond substituents is 1. The van der Waals surface area contributed by atoms with Gasteiger partial charge in [-0.1, -0.05) is 0 Å². The van der Waals surface area contributed by atoms with Crippen molar-refractivity contribution in [2.75, 3.05) is 19.7 Å². The SMILES string of the molecule is NC1=NCC(c2cc(O)cc(F)c2)N1CC1CCCO1. The molecule has 2 aliphatic rings. The minimum atomic E-state index is -0.456. The van der Waals surface area contributed by atoms with E-state index in [9.17, 15) is 9.50 Å². The van der Waals surface area contributed by atoms with Crippen LogP contribution >= 0.6 is 0 Å². The zero-order valence-corrected chi connectivity index (χ0v) is 11.1. The molecular weight excluding hydrogens is 261 g/mol. The van der Waals surface area contributed by atoms with E-state index >= 15 is 0 Å². The molecule has 0 saturated carbocycles. The molecule has 2 atom stereocenters. The number of halogens is 1. The lowest BCUT2D eigenvalue weighted by Gasteiger charge is -2.28. The maximum Gasteiger partial charge on any atom is 0.192 e. The van der Waals surface area contributed by atoms with Crippen LogP contribution in [0.15, 0.2) is 23.2 Å². The molecule has 1 saturated heterocycles. The average Bonchev–Trinajstić information content (AvgIpc) is 3.00. The van der Waals surface area contributed by atoms with Crippen molar-refractivity contribution in [2.45, 2.75) is 25.0 Å². The first-order chi connectivity index (χ1) is 9.63. The van der Waals surface area contributed by atoms with Crippen molar-refractivity contribution in [3.05, 3.63) is 29.6 Å². The van der Waals surface area contributed by atoms with E-state index in [1.54, 1.807) is 6.07 Å². The Morgan fingerprint density at radius 3 is 3.00 bits per heavy atom. The van der Waals surface area contributed by atoms with Gasteiger partial charge < -0.3 is 20.5 Å². The van der Waals surface area contributed by atoms with Crippen LogP contribution in [-0.4, -0.2) is 41.8 Å². The van der Waals surface area contributed by atoms with Crippen LogP contribution in [0.3, 0.4) is 0 Å². The molecule has 2 aliphatic heterocycles. The van der Waals surface area contributed by atoms with Crippen LogP contribution in [0.2, 0.25) is 0 Å². The first-order valence-electron chi connectivity index (χ1n) is 6.81. The highest BCUT2D eigenvalue weighted by Crippen LogP contribution is 2.30. The Balaban J connectivity index is 1.80. The van der Waals surface area contributed by atoms with Gasteiger partial charge in [-0.25, -0.2) is 4.39 Å². The normalized spacial score (nSPS) is 26.1. The number of hydrogen-bond acceptors (Lipinski definition) is 5. The van der Waals surface area contributed by atoms with Gasteiger partial charge in [0.2, 0.25) is 0 Å². The molecule has 0 amide bonds. The van der Waals surface area contributed by atoms with E-state index in [2.05, 4.69) is 4.99 Å². The molecule has 0 radical (unpaired) electrons. The van der Waals surface area contributed by atoms with Crippen molar-refractivity contribution in [2.24, 2.45) is 10.7 Å². The van der Waals surface area contributed by atoms with Crippen LogP contribution in [0.1, 0.15) is 24.4 Å². The van der Waals surface area contributed by atoms with Crippen molar-refractivity contribution >= 4 is 5.96 Å². The standard InChI is InChI=1S/C14H18FN3O2/c15-10-4-9(5-11(19)6-10)13-7-17-14(16)18(13)8-12-2-1-3-20-12/h4-6,12-13,19H,1-3,7-8H2,(H2,16,17). The van der Waals surface area contributed by atoms with Gasteiger partial charge in [0.15, 0.2) is 5.96 Å². The third-order valence-corrected chi connectivity index (χ3v) is 3.81. The molecule has 108 valence electrons. The number of phenols is 1. The van der Waals surface area contributed by atoms with E-state index in [4.69, 9.17) is 10.5 Å². The monoisotopic (exact) mass is 279 g/mol. The second kappa shape index (κ2) is 5.28. The van der Waals surface area contributed by atoms with Crippen LogP contribution in [0.4, 0.5) is 4.39 Å². The fourth-order valence-electron chi connectivity index (χ4n) is 2.83. The molecule has 0 spiro atoms. The Hall–Kier alpha value is -1.82. The summed E-state index contributed by atoms with van der Waals surface area (Å²) < 4.78 is 19.1. The summed E-state index contributed by atoms with van der Waals surface area (Å²) in [5.41, 5.74) is 6.61. The Morgan fingerprint density at radius 1 is 1.45 bits per heavy atom. The molecule has 20 heavy (non-hydrogen) atoms. The maximum atomic E-state index is 13.4. The predicted molar refractivity (Wildman–Crippen MR) is 73.0 cm³/mol. The van der Waals surface area contributed by atoms with Crippen LogP contribution in [0.25, 0.3) is 0 Å². The minimum absolute atomic E-state index is 0.0810. The largest absolute Gasteiger partial charge is 0.508 e. The number of hydrogen-bond donors (Lipinski definition) is 2. The molecule has 2 heterocycles. The Labute approximate surface area is 116 Å². The zero-order valence-electron chi connectivity index (χ0n) is 11.1. The van der Waals surface area contributed by atoms with Crippen LogP contribution in [0.5, 0.6) is 5.75 Å². The molecule has 3 N–H and O–H groups in total. The summed E-state index contributed by atoms with van der Waals surface area (Å²) >= 11 is 0. The van der Waals surface area contributed by atoms with E-state index in [1.807, 2.05) is 4.90 Å². The molecule has 1 fully saturated rings. The summed E-state index contributed by atoms with van der Waals surface area (Å²) in [5.74, 6) is -0.0840. The molecule has 0 aromatic heterocycles. The lowest BCUT2D eigenvalue weighted by molar-refractivity contribution is 0.0852. The molecule has 1 aromatic rings. The smallest absolute Gasteiger partial charge is 0.192 e. The number of aromatic hydroxyl groups is 1. The Morgan fingerprint density at radius 2 is 2.30 bits per heavy atom. The third kappa shape index (κ3) is 2.56. The van der Waals surface area contributed by atoms with Gasteiger partial charge in [0.05, 0.1) is 18.7 Å². The Kier molecular flexibility index (Phi) is 3.48. The van der Waals surface area contributed by atoms with Gasteiger partial charge in [0.25, 0.3) is 0 Å². The van der Waals surface area contributed by atoms with E-state index in [1.165, 1.54) is 6.07 Å². The molecule has 5 nitrogen and oxygen atoms in total. The number of nitrogens with two attached hydrogens (primary N) is 1. The molecular formula is C14H18FN3O2. The highest BCUT2D eigenvalue weighted by molar-refractivity contribution is 5.80. The minimum Gasteiger partial charge on any atom is -0.508 e. The summed E-state index contributed by atoms with van der Waals surface area (Å²) in [6.45, 7) is 1.90. The lowest BCUT2D eigenvalue weighted by Crippen LogP contribution is -2.41. The van der Waals surface area contributed by atoms with Crippen LogP contribution < -0.4 is 5.73 Å². The van der Waals surface area contributed by atoms with Crippen LogP contribution in [-0.2, 0) is 4.74 Å². The van der Waals surface area contributed by atoms with E-state index in [-0.39, 0.29) is 17.9 Å². The van der Waals surface area contributed by atoms with Gasteiger partial charge in [0, 0.05) is 19.2 Å². The first kappa shape index (κ1) is 13.2. The fraction of sp³-hybridized carbons (Fsp3) is 0.500. The molecule has 3 rings (SSSR count). The number of guanidine groups is 1. The second-order valence-electron chi connectivity index (χ2n) is 5.24. The van der Waals surface area contributed by atoms with Crippen LogP contribution in [0, 0.1) is 5.82 Å². The maximum absolute atomic E-state index is 13.4. The summed E-state index contributed by atoms with van der Waals surface area (Å²) in [6.07, 6.45) is 2.21. The average molecular weight is 279 g/mol. The fourth-order valence-corrected chi connectivity index (χ4v) is 2.83. The highest BCUT2D eigenvalue weighted by Gasteiger charge is 2.31. The Bertz CT molecular complexity index is 509. The van der Waals surface area contributed by atoms with Gasteiger partial charge in [-0.15, -0.1) is 0 Å². The second-order valence-corrected chi connectivity index (χ2v) is 5.24. The predicted octanol–water partition coefficient (Wildman–Crippen LogP) is 1.38. The van der Waals surface area contributed by atoms with Crippen molar-refractivity contribution in [3.8, 4) is 5.75 Å². The first-order valence-corrected chi connectivity index (χ1v) is 6.81. The molecule has 0 bridgehead atoms. The van der Waals surface area contributed by atoms with Gasteiger partial charge in [-0.3, -0.25) is 4.99 Å².